The number of aliphatic hydroxyl groups excluding tert-OH is 1. The van der Waals surface area contributed by atoms with Crippen LogP contribution in [-0.2, 0) is 4.79 Å². The molecule has 19 heavy (non-hydrogen) atoms. The number of rotatable bonds is 3. The maximum absolute atomic E-state index is 12.4. The molecule has 5 heteroatoms. The number of piperidine rings is 1. The Labute approximate surface area is 122 Å². The molecule has 112 valence electrons. The van der Waals surface area contributed by atoms with E-state index in [1.165, 1.54) is 0 Å². The summed E-state index contributed by atoms with van der Waals surface area (Å²) in [5.41, 5.74) is -0.411. The van der Waals surface area contributed by atoms with Gasteiger partial charge in [-0.05, 0) is 39.2 Å². The second kappa shape index (κ2) is 6.42. The van der Waals surface area contributed by atoms with E-state index >= 15 is 0 Å². The maximum atomic E-state index is 12.4. The van der Waals surface area contributed by atoms with Gasteiger partial charge in [-0.2, -0.15) is 0 Å². The number of hydrogen-bond donors (Lipinski definition) is 3. The van der Waals surface area contributed by atoms with Crippen LogP contribution in [0.2, 0.25) is 0 Å². The van der Waals surface area contributed by atoms with Crippen molar-refractivity contribution in [2.45, 2.75) is 52.0 Å². The van der Waals surface area contributed by atoms with Crippen molar-refractivity contribution >= 4 is 18.3 Å². The highest BCUT2D eigenvalue weighted by Gasteiger charge is 2.42. The summed E-state index contributed by atoms with van der Waals surface area (Å²) >= 11 is 0. The molecule has 1 amide bonds. The topological polar surface area (TPSA) is 61.4 Å². The van der Waals surface area contributed by atoms with Crippen molar-refractivity contribution in [3.8, 4) is 0 Å². The second-order valence-electron chi connectivity index (χ2n) is 6.57. The summed E-state index contributed by atoms with van der Waals surface area (Å²) in [4.78, 5) is 12.4. The summed E-state index contributed by atoms with van der Waals surface area (Å²) in [6.45, 7) is 6.06. The minimum absolute atomic E-state index is 0. The van der Waals surface area contributed by atoms with Gasteiger partial charge in [-0.25, -0.2) is 0 Å². The Morgan fingerprint density at radius 1 is 1.37 bits per heavy atom. The molecule has 1 heterocycles. The van der Waals surface area contributed by atoms with Crippen LogP contribution in [0.4, 0.5) is 0 Å². The molecule has 0 aromatic carbocycles. The number of amides is 1. The summed E-state index contributed by atoms with van der Waals surface area (Å²) in [5, 5.41) is 16.0. The number of halogens is 1. The van der Waals surface area contributed by atoms with Gasteiger partial charge in [0, 0.05) is 18.0 Å². The van der Waals surface area contributed by atoms with Crippen LogP contribution in [0.15, 0.2) is 0 Å². The minimum Gasteiger partial charge on any atom is -0.396 e. The summed E-state index contributed by atoms with van der Waals surface area (Å²) in [5.74, 6) is 0.154. The molecule has 3 atom stereocenters. The SMILES string of the molecule is CC1(C(=O)NC2CCCC2(C)CO)CCCNC1.Cl. The molecule has 0 bridgehead atoms. The van der Waals surface area contributed by atoms with Gasteiger partial charge in [0.1, 0.15) is 0 Å². The lowest BCUT2D eigenvalue weighted by atomic mass is 9.80. The van der Waals surface area contributed by atoms with E-state index in [-0.39, 0.29) is 41.8 Å². The molecule has 0 aromatic heterocycles. The van der Waals surface area contributed by atoms with Crippen LogP contribution in [0, 0.1) is 10.8 Å². The highest BCUT2D eigenvalue weighted by Crippen LogP contribution is 2.38. The lowest BCUT2D eigenvalue weighted by Crippen LogP contribution is -2.54. The molecule has 1 saturated heterocycles. The molecule has 2 fully saturated rings. The number of carbonyl (C=O) groups is 1. The molecule has 1 saturated carbocycles. The van der Waals surface area contributed by atoms with Crippen LogP contribution >= 0.6 is 12.4 Å². The lowest BCUT2D eigenvalue weighted by Gasteiger charge is -2.37. The number of nitrogens with one attached hydrogen (secondary N) is 2. The molecule has 0 radical (unpaired) electrons. The molecule has 4 nitrogen and oxygen atoms in total. The van der Waals surface area contributed by atoms with E-state index in [4.69, 9.17) is 0 Å². The molecular formula is C14H27ClN2O2. The first-order valence-electron chi connectivity index (χ1n) is 7.13. The van der Waals surface area contributed by atoms with Gasteiger partial charge in [0.25, 0.3) is 0 Å². The fourth-order valence-corrected chi connectivity index (χ4v) is 3.25. The van der Waals surface area contributed by atoms with Crippen molar-refractivity contribution in [1.82, 2.24) is 10.6 Å². The van der Waals surface area contributed by atoms with Gasteiger partial charge in [-0.15, -0.1) is 12.4 Å². The Bertz CT molecular complexity index is 319. The van der Waals surface area contributed by atoms with E-state index in [1.54, 1.807) is 0 Å². The van der Waals surface area contributed by atoms with E-state index in [1.807, 2.05) is 6.92 Å². The highest BCUT2D eigenvalue weighted by atomic mass is 35.5. The first kappa shape index (κ1) is 16.7. The molecule has 2 aliphatic rings. The standard InChI is InChI=1S/C14H26N2O2.ClH/c1-13(7-4-8-15-9-13)12(18)16-11-5-3-6-14(11,2)10-17;/h11,15,17H,3-10H2,1-2H3,(H,16,18);1H. The van der Waals surface area contributed by atoms with E-state index in [0.717, 1.165) is 45.2 Å². The minimum atomic E-state index is -0.281. The Hall–Kier alpha value is -0.320. The third-order valence-corrected chi connectivity index (χ3v) is 4.89. The predicted molar refractivity (Wildman–Crippen MR) is 78.4 cm³/mol. The first-order chi connectivity index (χ1) is 8.50. The van der Waals surface area contributed by atoms with Gasteiger partial charge in [0.2, 0.25) is 5.91 Å². The van der Waals surface area contributed by atoms with Gasteiger partial charge >= 0.3 is 0 Å². The molecule has 1 aliphatic heterocycles. The van der Waals surface area contributed by atoms with Crippen LogP contribution < -0.4 is 10.6 Å². The summed E-state index contributed by atoms with van der Waals surface area (Å²) < 4.78 is 0. The van der Waals surface area contributed by atoms with Gasteiger partial charge in [-0.3, -0.25) is 4.79 Å². The van der Waals surface area contributed by atoms with Crippen LogP contribution in [0.25, 0.3) is 0 Å². The third kappa shape index (κ3) is 3.41. The van der Waals surface area contributed by atoms with E-state index < -0.39 is 0 Å². The van der Waals surface area contributed by atoms with Crippen molar-refractivity contribution in [3.05, 3.63) is 0 Å². The smallest absolute Gasteiger partial charge is 0.227 e. The average molecular weight is 291 g/mol. The van der Waals surface area contributed by atoms with Crippen molar-refractivity contribution < 1.29 is 9.90 Å². The van der Waals surface area contributed by atoms with Crippen LogP contribution in [-0.4, -0.2) is 36.8 Å². The Kier molecular flexibility index (Phi) is 5.65. The fraction of sp³-hybridized carbons (Fsp3) is 0.929. The van der Waals surface area contributed by atoms with Crippen LogP contribution in [0.1, 0.15) is 46.0 Å². The zero-order chi connectivity index (χ0) is 13.2. The van der Waals surface area contributed by atoms with Gasteiger partial charge in [0.15, 0.2) is 0 Å². The molecule has 2 rings (SSSR count). The summed E-state index contributed by atoms with van der Waals surface area (Å²) in [6.07, 6.45) is 5.10. The largest absolute Gasteiger partial charge is 0.396 e. The number of aliphatic hydroxyl groups is 1. The van der Waals surface area contributed by atoms with E-state index in [2.05, 4.69) is 17.6 Å². The number of carbonyl (C=O) groups excluding carboxylic acids is 1. The van der Waals surface area contributed by atoms with E-state index in [0.29, 0.717) is 0 Å². The van der Waals surface area contributed by atoms with Crippen molar-refractivity contribution in [3.63, 3.8) is 0 Å². The summed E-state index contributed by atoms with van der Waals surface area (Å²) in [6, 6.07) is 0.133. The van der Waals surface area contributed by atoms with Gasteiger partial charge in [0.05, 0.1) is 12.0 Å². The fourth-order valence-electron chi connectivity index (χ4n) is 3.25. The lowest BCUT2D eigenvalue weighted by molar-refractivity contribution is -0.132. The van der Waals surface area contributed by atoms with Crippen molar-refractivity contribution in [2.24, 2.45) is 10.8 Å². The Balaban J connectivity index is 0.00000180. The zero-order valence-corrected chi connectivity index (χ0v) is 12.8. The number of hydrogen-bond acceptors (Lipinski definition) is 3. The average Bonchev–Trinajstić information content (AvgIpc) is 2.73. The van der Waals surface area contributed by atoms with Crippen molar-refractivity contribution in [1.29, 1.82) is 0 Å². The Morgan fingerprint density at radius 2 is 2.11 bits per heavy atom. The predicted octanol–water partition coefficient (Wildman–Crippen LogP) is 1.47. The molecule has 3 unspecified atom stereocenters. The maximum Gasteiger partial charge on any atom is 0.227 e. The molecular weight excluding hydrogens is 264 g/mol. The quantitative estimate of drug-likeness (QED) is 0.738. The van der Waals surface area contributed by atoms with E-state index in [9.17, 15) is 9.90 Å². The Morgan fingerprint density at radius 3 is 2.68 bits per heavy atom. The van der Waals surface area contributed by atoms with Crippen molar-refractivity contribution in [2.75, 3.05) is 19.7 Å². The molecule has 1 aliphatic carbocycles. The normalized spacial score (nSPS) is 38.6. The molecule has 0 aromatic rings. The highest BCUT2D eigenvalue weighted by molar-refractivity contribution is 5.85. The molecule has 3 N–H and O–H groups in total. The molecule has 0 spiro atoms. The van der Waals surface area contributed by atoms with Crippen LogP contribution in [0.5, 0.6) is 0 Å². The first-order valence-corrected chi connectivity index (χ1v) is 7.13. The zero-order valence-electron chi connectivity index (χ0n) is 12.0. The third-order valence-electron chi connectivity index (χ3n) is 4.89. The monoisotopic (exact) mass is 290 g/mol. The van der Waals surface area contributed by atoms with Crippen LogP contribution in [0.3, 0.4) is 0 Å². The van der Waals surface area contributed by atoms with Gasteiger partial charge < -0.3 is 15.7 Å². The second-order valence-corrected chi connectivity index (χ2v) is 6.57. The van der Waals surface area contributed by atoms with Gasteiger partial charge in [-0.1, -0.05) is 13.3 Å². The summed E-state index contributed by atoms with van der Waals surface area (Å²) in [7, 11) is 0.